The Morgan fingerprint density at radius 2 is 1.79 bits per heavy atom. The van der Waals surface area contributed by atoms with Gasteiger partial charge in [0.2, 0.25) is 0 Å². The van der Waals surface area contributed by atoms with Crippen LogP contribution >= 0.6 is 0 Å². The van der Waals surface area contributed by atoms with Crippen LogP contribution in [-0.2, 0) is 0 Å². The highest BCUT2D eigenvalue weighted by molar-refractivity contribution is 5.77. The summed E-state index contributed by atoms with van der Waals surface area (Å²) in [7, 11) is 0. The van der Waals surface area contributed by atoms with E-state index in [4.69, 9.17) is 4.11 Å². The molecule has 19 heavy (non-hydrogen) atoms. The van der Waals surface area contributed by atoms with Crippen LogP contribution in [0.2, 0.25) is 0 Å². The molecule has 2 aromatic heterocycles. The van der Waals surface area contributed by atoms with Crippen LogP contribution in [0.1, 0.15) is 9.81 Å². The molecule has 3 aromatic rings. The van der Waals surface area contributed by atoms with Gasteiger partial charge in [0, 0.05) is 27.8 Å². The smallest absolute Gasteiger partial charge is 0.178 e. The predicted molar refractivity (Wildman–Crippen MR) is 75.4 cm³/mol. The standard InChI is InChI=1S/C16H13N3/c1-12-9-11-18-16(19-12)15-14(8-5-10-17-15)13-6-3-2-4-7-13/h2-11H,1H3/i1D3. The molecular weight excluding hydrogens is 234 g/mol. The summed E-state index contributed by atoms with van der Waals surface area (Å²) in [6.07, 6.45) is 3.10. The molecule has 0 amide bonds. The van der Waals surface area contributed by atoms with Crippen molar-refractivity contribution in [3.05, 3.63) is 66.6 Å². The minimum Gasteiger partial charge on any atom is -0.252 e. The molecule has 3 heteroatoms. The van der Waals surface area contributed by atoms with Gasteiger partial charge in [-0.15, -0.1) is 0 Å². The van der Waals surface area contributed by atoms with Crippen LogP contribution in [-0.4, -0.2) is 15.0 Å². The molecule has 3 rings (SSSR count). The number of pyridine rings is 1. The average Bonchev–Trinajstić information content (AvgIpc) is 2.55. The second-order valence-corrected chi connectivity index (χ2v) is 4.03. The summed E-state index contributed by atoms with van der Waals surface area (Å²) in [5.41, 5.74) is 2.43. The fourth-order valence-corrected chi connectivity index (χ4v) is 1.91. The molecule has 0 aliphatic rings. The molecule has 0 radical (unpaired) electrons. The van der Waals surface area contributed by atoms with Crippen LogP contribution < -0.4 is 0 Å². The average molecular weight is 250 g/mol. The molecule has 0 saturated heterocycles. The van der Waals surface area contributed by atoms with Crippen molar-refractivity contribution in [2.45, 2.75) is 6.85 Å². The second kappa shape index (κ2) is 4.98. The monoisotopic (exact) mass is 250 g/mol. The quantitative estimate of drug-likeness (QED) is 0.698. The summed E-state index contributed by atoms with van der Waals surface area (Å²) in [6.45, 7) is -2.26. The topological polar surface area (TPSA) is 38.7 Å². The lowest BCUT2D eigenvalue weighted by molar-refractivity contribution is 1.09. The van der Waals surface area contributed by atoms with Crippen molar-refractivity contribution < 1.29 is 4.11 Å². The number of hydrogen-bond acceptors (Lipinski definition) is 3. The third-order valence-electron chi connectivity index (χ3n) is 2.76. The van der Waals surface area contributed by atoms with Gasteiger partial charge in [0.25, 0.3) is 0 Å². The van der Waals surface area contributed by atoms with E-state index in [1.165, 1.54) is 12.3 Å². The fourth-order valence-electron chi connectivity index (χ4n) is 1.91. The number of rotatable bonds is 2. The number of aromatic nitrogens is 3. The van der Waals surface area contributed by atoms with E-state index >= 15 is 0 Å². The normalized spacial score (nSPS) is 13.4. The van der Waals surface area contributed by atoms with E-state index in [1.54, 1.807) is 6.20 Å². The summed E-state index contributed by atoms with van der Waals surface area (Å²) >= 11 is 0. The van der Waals surface area contributed by atoms with Crippen molar-refractivity contribution in [3.8, 4) is 22.6 Å². The summed E-state index contributed by atoms with van der Waals surface area (Å²) in [5.74, 6) is 0.313. The molecule has 0 spiro atoms. The number of aryl methyl sites for hydroxylation is 1. The molecule has 0 unspecified atom stereocenters. The van der Waals surface area contributed by atoms with Gasteiger partial charge < -0.3 is 0 Å². The van der Waals surface area contributed by atoms with Gasteiger partial charge in [0.1, 0.15) is 5.69 Å². The Kier molecular flexibility index (Phi) is 2.24. The van der Waals surface area contributed by atoms with Gasteiger partial charge in [0.15, 0.2) is 5.82 Å². The number of hydrogen-bond donors (Lipinski definition) is 0. The minimum atomic E-state index is -2.26. The molecule has 92 valence electrons. The Bertz CT molecular complexity index is 786. The van der Waals surface area contributed by atoms with E-state index in [0.717, 1.165) is 11.1 Å². The lowest BCUT2D eigenvalue weighted by atomic mass is 10.0. The van der Waals surface area contributed by atoms with Gasteiger partial charge in [-0.1, -0.05) is 36.4 Å². The van der Waals surface area contributed by atoms with Gasteiger partial charge in [-0.25, -0.2) is 9.97 Å². The fraction of sp³-hybridized carbons (Fsp3) is 0.0625. The highest BCUT2D eigenvalue weighted by Gasteiger charge is 2.10. The maximum Gasteiger partial charge on any atom is 0.178 e. The highest BCUT2D eigenvalue weighted by Crippen LogP contribution is 2.27. The zero-order valence-electron chi connectivity index (χ0n) is 13.1. The Labute approximate surface area is 116 Å². The van der Waals surface area contributed by atoms with E-state index < -0.39 is 6.85 Å². The first-order chi connectivity index (χ1) is 10.6. The highest BCUT2D eigenvalue weighted by atomic mass is 14.9. The van der Waals surface area contributed by atoms with E-state index in [0.29, 0.717) is 11.5 Å². The molecule has 2 heterocycles. The van der Waals surface area contributed by atoms with Crippen molar-refractivity contribution in [3.63, 3.8) is 0 Å². The van der Waals surface area contributed by atoms with Gasteiger partial charge >= 0.3 is 0 Å². The molecule has 1 aromatic carbocycles. The molecule has 0 saturated carbocycles. The Balaban J connectivity index is 2.14. The summed E-state index contributed by atoms with van der Waals surface area (Å²) in [5, 5.41) is 0. The maximum absolute atomic E-state index is 7.47. The first-order valence-corrected chi connectivity index (χ1v) is 5.90. The van der Waals surface area contributed by atoms with Crippen molar-refractivity contribution in [1.29, 1.82) is 0 Å². The summed E-state index contributed by atoms with van der Waals surface area (Å²) < 4.78 is 22.4. The SMILES string of the molecule is [2H]C([2H])([2H])c1ccnc(-c2ncccc2-c2ccccc2)n1. The van der Waals surface area contributed by atoms with Crippen molar-refractivity contribution in [2.24, 2.45) is 0 Å². The zero-order valence-corrected chi connectivity index (χ0v) is 10.1. The van der Waals surface area contributed by atoms with Gasteiger partial charge in [-0.3, -0.25) is 4.98 Å². The zero-order chi connectivity index (χ0) is 15.6. The molecule has 3 nitrogen and oxygen atoms in total. The van der Waals surface area contributed by atoms with Crippen molar-refractivity contribution in [2.75, 3.05) is 0 Å². The van der Waals surface area contributed by atoms with Crippen molar-refractivity contribution >= 4 is 0 Å². The Hall–Kier alpha value is -2.55. The molecule has 0 aliphatic heterocycles. The molecule has 0 aliphatic carbocycles. The van der Waals surface area contributed by atoms with Crippen LogP contribution in [0.15, 0.2) is 60.9 Å². The van der Waals surface area contributed by atoms with Crippen LogP contribution in [0, 0.1) is 6.85 Å². The third-order valence-corrected chi connectivity index (χ3v) is 2.76. The minimum absolute atomic E-state index is 0.0159. The molecular formula is C16H13N3. The van der Waals surface area contributed by atoms with Crippen LogP contribution in [0.4, 0.5) is 0 Å². The van der Waals surface area contributed by atoms with Gasteiger partial charge in [0.05, 0.1) is 0 Å². The molecule has 0 N–H and O–H groups in total. The number of benzene rings is 1. The summed E-state index contributed by atoms with van der Waals surface area (Å²) in [4.78, 5) is 12.7. The van der Waals surface area contributed by atoms with Crippen LogP contribution in [0.25, 0.3) is 22.6 Å². The van der Waals surface area contributed by atoms with E-state index in [1.807, 2.05) is 42.5 Å². The third kappa shape index (κ3) is 2.36. The van der Waals surface area contributed by atoms with Crippen LogP contribution in [0.5, 0.6) is 0 Å². The Morgan fingerprint density at radius 3 is 2.63 bits per heavy atom. The molecule has 0 bridgehead atoms. The van der Waals surface area contributed by atoms with E-state index in [-0.39, 0.29) is 5.69 Å². The van der Waals surface area contributed by atoms with Gasteiger partial charge in [-0.05, 0) is 24.5 Å². The summed E-state index contributed by atoms with van der Waals surface area (Å²) in [6, 6.07) is 14.9. The largest absolute Gasteiger partial charge is 0.252 e. The van der Waals surface area contributed by atoms with E-state index in [2.05, 4.69) is 15.0 Å². The first kappa shape index (κ1) is 8.53. The first-order valence-electron chi connectivity index (χ1n) is 7.40. The molecule has 0 fully saturated rings. The second-order valence-electron chi connectivity index (χ2n) is 4.03. The van der Waals surface area contributed by atoms with Crippen molar-refractivity contribution in [1.82, 2.24) is 15.0 Å². The number of nitrogens with zero attached hydrogens (tertiary/aromatic N) is 3. The lowest BCUT2D eigenvalue weighted by Gasteiger charge is -2.07. The van der Waals surface area contributed by atoms with E-state index in [9.17, 15) is 0 Å². The lowest BCUT2D eigenvalue weighted by Crippen LogP contribution is -1.95. The Morgan fingerprint density at radius 1 is 0.895 bits per heavy atom. The molecule has 0 atom stereocenters. The predicted octanol–water partition coefficient (Wildman–Crippen LogP) is 3.51. The van der Waals surface area contributed by atoms with Crippen LogP contribution in [0.3, 0.4) is 0 Å². The van der Waals surface area contributed by atoms with Gasteiger partial charge in [-0.2, -0.15) is 0 Å². The maximum atomic E-state index is 7.47.